The first kappa shape index (κ1) is 19.9. The number of nitrogens with one attached hydrogen (secondary N) is 1. The molecule has 2 rings (SSSR count). The Morgan fingerprint density at radius 1 is 1.32 bits per heavy atom. The summed E-state index contributed by atoms with van der Waals surface area (Å²) in [7, 11) is -4.17. The second-order valence-electron chi connectivity index (χ2n) is 6.60. The maximum absolute atomic E-state index is 12.3. The van der Waals surface area contributed by atoms with E-state index in [2.05, 4.69) is 10.3 Å². The van der Waals surface area contributed by atoms with Gasteiger partial charge in [-0.15, -0.1) is 0 Å². The number of benzene rings is 1. The van der Waals surface area contributed by atoms with Crippen LogP contribution in [0, 0.1) is 0 Å². The molecule has 1 saturated heterocycles. The van der Waals surface area contributed by atoms with Crippen LogP contribution in [-0.2, 0) is 20.6 Å². The van der Waals surface area contributed by atoms with Gasteiger partial charge in [0.2, 0.25) is 0 Å². The molecular weight excluding hydrogens is 358 g/mol. The number of hydrogen-bond donors (Lipinski definition) is 1. The van der Waals surface area contributed by atoms with E-state index in [0.29, 0.717) is 37.9 Å². The molecule has 1 heterocycles. The summed E-state index contributed by atoms with van der Waals surface area (Å²) in [5, 5.41) is 3.21. The molecule has 8 heteroatoms. The van der Waals surface area contributed by atoms with Crippen LogP contribution in [0.25, 0.3) is 0 Å². The SMILES string of the molecule is CCNC(=NCCS(=O)c1ccccc1)N1CCS(=O)(=O)C(C)(C)C1. The lowest BCUT2D eigenvalue weighted by Crippen LogP contribution is -2.57. The first-order valence-electron chi connectivity index (χ1n) is 8.46. The lowest BCUT2D eigenvalue weighted by molar-refractivity contribution is 0.353. The van der Waals surface area contributed by atoms with E-state index in [0.717, 1.165) is 4.90 Å². The zero-order valence-corrected chi connectivity index (χ0v) is 16.7. The molecule has 25 heavy (non-hydrogen) atoms. The summed E-state index contributed by atoms with van der Waals surface area (Å²) in [4.78, 5) is 7.34. The molecule has 0 radical (unpaired) electrons. The molecule has 1 fully saturated rings. The van der Waals surface area contributed by atoms with Crippen LogP contribution in [0.3, 0.4) is 0 Å². The largest absolute Gasteiger partial charge is 0.357 e. The van der Waals surface area contributed by atoms with Crippen LogP contribution in [-0.4, -0.2) is 65.9 Å². The molecule has 0 spiro atoms. The minimum atomic E-state index is -3.09. The molecule has 1 N–H and O–H groups in total. The average Bonchev–Trinajstić information content (AvgIpc) is 2.57. The second kappa shape index (κ2) is 8.31. The summed E-state index contributed by atoms with van der Waals surface area (Å²) in [6, 6.07) is 9.34. The van der Waals surface area contributed by atoms with Crippen LogP contribution < -0.4 is 5.32 Å². The molecule has 6 nitrogen and oxygen atoms in total. The Kier molecular flexibility index (Phi) is 6.62. The van der Waals surface area contributed by atoms with E-state index in [9.17, 15) is 12.6 Å². The monoisotopic (exact) mass is 385 g/mol. The lowest BCUT2D eigenvalue weighted by atomic mass is 10.2. The fourth-order valence-corrected chi connectivity index (χ4v) is 4.99. The number of aliphatic imine (C=N–C) groups is 1. The molecule has 0 aliphatic carbocycles. The highest BCUT2D eigenvalue weighted by Gasteiger charge is 2.40. The van der Waals surface area contributed by atoms with Crippen molar-refractivity contribution in [2.45, 2.75) is 30.4 Å². The van der Waals surface area contributed by atoms with E-state index in [1.807, 2.05) is 42.2 Å². The minimum absolute atomic E-state index is 0.125. The van der Waals surface area contributed by atoms with E-state index in [1.165, 1.54) is 0 Å². The quantitative estimate of drug-likeness (QED) is 0.610. The van der Waals surface area contributed by atoms with Crippen molar-refractivity contribution in [2.24, 2.45) is 4.99 Å². The van der Waals surface area contributed by atoms with Crippen molar-refractivity contribution < 1.29 is 12.6 Å². The predicted octanol–water partition coefficient (Wildman–Crippen LogP) is 1.27. The van der Waals surface area contributed by atoms with Gasteiger partial charge >= 0.3 is 0 Å². The van der Waals surface area contributed by atoms with Crippen molar-refractivity contribution in [3.05, 3.63) is 30.3 Å². The third kappa shape index (κ3) is 5.04. The Labute approximate surface area is 153 Å². The molecule has 0 bridgehead atoms. The highest BCUT2D eigenvalue weighted by molar-refractivity contribution is 7.92. The molecule has 0 aromatic heterocycles. The van der Waals surface area contributed by atoms with Crippen molar-refractivity contribution in [1.29, 1.82) is 0 Å². The second-order valence-corrected chi connectivity index (χ2v) is 10.9. The number of rotatable bonds is 5. The van der Waals surface area contributed by atoms with E-state index >= 15 is 0 Å². The molecule has 0 saturated carbocycles. The van der Waals surface area contributed by atoms with Crippen molar-refractivity contribution in [2.75, 3.05) is 37.7 Å². The number of sulfone groups is 1. The van der Waals surface area contributed by atoms with E-state index in [-0.39, 0.29) is 5.75 Å². The van der Waals surface area contributed by atoms with E-state index in [1.54, 1.807) is 13.8 Å². The van der Waals surface area contributed by atoms with Crippen LogP contribution in [0.1, 0.15) is 20.8 Å². The summed E-state index contributed by atoms with van der Waals surface area (Å²) in [5.74, 6) is 1.25. The summed E-state index contributed by atoms with van der Waals surface area (Å²) >= 11 is 0. The van der Waals surface area contributed by atoms with Crippen LogP contribution in [0.5, 0.6) is 0 Å². The first-order valence-corrected chi connectivity index (χ1v) is 11.4. The smallest absolute Gasteiger partial charge is 0.194 e. The molecule has 140 valence electrons. The van der Waals surface area contributed by atoms with Crippen LogP contribution >= 0.6 is 0 Å². The maximum Gasteiger partial charge on any atom is 0.194 e. The normalized spacial score (nSPS) is 20.9. The lowest BCUT2D eigenvalue weighted by Gasteiger charge is -2.39. The number of nitrogens with zero attached hydrogens (tertiary/aromatic N) is 2. The van der Waals surface area contributed by atoms with Crippen molar-refractivity contribution in [3.8, 4) is 0 Å². The summed E-state index contributed by atoms with van der Waals surface area (Å²) in [6.07, 6.45) is 0. The Morgan fingerprint density at radius 3 is 2.60 bits per heavy atom. The van der Waals surface area contributed by atoms with Gasteiger partial charge in [-0.1, -0.05) is 18.2 Å². The van der Waals surface area contributed by atoms with Crippen molar-refractivity contribution in [3.63, 3.8) is 0 Å². The Hall–Kier alpha value is -1.41. The van der Waals surface area contributed by atoms with Crippen molar-refractivity contribution >= 4 is 26.6 Å². The molecule has 1 aromatic carbocycles. The molecule has 1 atom stereocenters. The zero-order valence-electron chi connectivity index (χ0n) is 15.1. The Bertz CT molecular complexity index is 731. The van der Waals surface area contributed by atoms with Gasteiger partial charge in [0.1, 0.15) is 0 Å². The van der Waals surface area contributed by atoms with Gasteiger partial charge in [0.15, 0.2) is 15.8 Å². The summed E-state index contributed by atoms with van der Waals surface area (Å²) in [5.41, 5.74) is 0. The molecular formula is C17H27N3O3S2. The minimum Gasteiger partial charge on any atom is -0.357 e. The van der Waals surface area contributed by atoms with Gasteiger partial charge in [-0.25, -0.2) is 8.42 Å². The highest BCUT2D eigenvalue weighted by atomic mass is 32.2. The Morgan fingerprint density at radius 2 is 2.00 bits per heavy atom. The van der Waals surface area contributed by atoms with E-state index < -0.39 is 25.4 Å². The van der Waals surface area contributed by atoms with Gasteiger partial charge in [-0.2, -0.15) is 0 Å². The molecule has 0 amide bonds. The highest BCUT2D eigenvalue weighted by Crippen LogP contribution is 2.23. The van der Waals surface area contributed by atoms with Gasteiger partial charge in [0, 0.05) is 30.3 Å². The summed E-state index contributed by atoms with van der Waals surface area (Å²) < 4.78 is 35.8. The maximum atomic E-state index is 12.3. The molecule has 1 unspecified atom stereocenters. The first-order chi connectivity index (χ1) is 11.8. The van der Waals surface area contributed by atoms with Crippen LogP contribution in [0.2, 0.25) is 0 Å². The van der Waals surface area contributed by atoms with Gasteiger partial charge in [0.05, 0.1) is 27.8 Å². The molecule has 1 aromatic rings. The third-order valence-electron chi connectivity index (χ3n) is 4.22. The van der Waals surface area contributed by atoms with Gasteiger partial charge in [-0.3, -0.25) is 9.20 Å². The van der Waals surface area contributed by atoms with Crippen LogP contribution in [0.15, 0.2) is 40.2 Å². The van der Waals surface area contributed by atoms with Gasteiger partial charge in [-0.05, 0) is 32.9 Å². The predicted molar refractivity (Wildman–Crippen MR) is 103 cm³/mol. The van der Waals surface area contributed by atoms with Crippen molar-refractivity contribution in [1.82, 2.24) is 10.2 Å². The zero-order chi connectivity index (χ0) is 18.5. The van der Waals surface area contributed by atoms with Gasteiger partial charge < -0.3 is 10.2 Å². The third-order valence-corrected chi connectivity index (χ3v) is 8.11. The topological polar surface area (TPSA) is 78.8 Å². The van der Waals surface area contributed by atoms with Crippen LogP contribution in [0.4, 0.5) is 0 Å². The molecule has 1 aliphatic rings. The molecule has 1 aliphatic heterocycles. The van der Waals surface area contributed by atoms with Gasteiger partial charge in [0.25, 0.3) is 0 Å². The van der Waals surface area contributed by atoms with E-state index in [4.69, 9.17) is 0 Å². The average molecular weight is 386 g/mol. The Balaban J connectivity index is 2.03. The number of hydrogen-bond acceptors (Lipinski definition) is 4. The standard InChI is InChI=1S/C17H27N3O3S2/c1-4-18-16(20-11-13-25(22,23)17(2,3)14-20)19-10-12-24(21)15-8-6-5-7-9-15/h5-9H,4,10-14H2,1-3H3,(H,18,19). The number of guanidine groups is 1. The fourth-order valence-electron chi connectivity index (χ4n) is 2.67. The summed E-state index contributed by atoms with van der Waals surface area (Å²) in [6.45, 7) is 7.44. The fraction of sp³-hybridized carbons (Fsp3) is 0.588.